The standard InChI is InChI=1S/C37H47F3N4O8S/c1-24-21-44(25(2)23-45)35(46)32-20-29(42-53(48,49)31-16-14-30(50-5)15-17-31)13-18-33(32)52-26(3)8-6-7-19-51-34(24)22-43(4)36(47)41-28-11-9-27(10-12-28)37(38,39)40/h9-18,20,24-26,34,42,45H,6-8,19,21-23H2,1-5H3,(H,41,47)/t24-,25-,26+,34+/m0/s1. The van der Waals surface area contributed by atoms with Crippen LogP contribution in [0.25, 0.3) is 0 Å². The Balaban J connectivity index is 1.59. The van der Waals surface area contributed by atoms with Gasteiger partial charge in [-0.05, 0) is 99.8 Å². The summed E-state index contributed by atoms with van der Waals surface area (Å²) in [6, 6.07) is 13.2. The molecule has 0 aromatic heterocycles. The van der Waals surface area contributed by atoms with Crippen molar-refractivity contribution in [2.45, 2.75) is 69.4 Å². The zero-order chi connectivity index (χ0) is 38.9. The molecule has 0 unspecified atom stereocenters. The molecule has 0 spiro atoms. The maximum Gasteiger partial charge on any atom is 0.416 e. The van der Waals surface area contributed by atoms with E-state index < -0.39 is 51.8 Å². The predicted molar refractivity (Wildman–Crippen MR) is 194 cm³/mol. The summed E-state index contributed by atoms with van der Waals surface area (Å²) in [5.41, 5.74) is -0.445. The molecule has 12 nitrogen and oxygen atoms in total. The molecule has 0 bridgehead atoms. The number of nitrogens with one attached hydrogen (secondary N) is 2. The summed E-state index contributed by atoms with van der Waals surface area (Å²) in [6.45, 7) is 5.52. The van der Waals surface area contributed by atoms with Gasteiger partial charge in [0.2, 0.25) is 0 Å². The number of carbonyl (C=O) groups is 2. The Hall–Kier alpha value is -4.54. The molecule has 3 aromatic rings. The van der Waals surface area contributed by atoms with Crippen LogP contribution in [0.3, 0.4) is 0 Å². The molecule has 3 aromatic carbocycles. The number of sulfonamides is 1. The lowest BCUT2D eigenvalue weighted by atomic mass is 10.0. The minimum atomic E-state index is -4.51. The maximum absolute atomic E-state index is 14.4. The van der Waals surface area contributed by atoms with Crippen molar-refractivity contribution in [1.82, 2.24) is 9.80 Å². The number of hydrogen-bond donors (Lipinski definition) is 3. The molecule has 4 rings (SSSR count). The molecule has 3 N–H and O–H groups in total. The lowest BCUT2D eigenvalue weighted by Crippen LogP contribution is -2.48. The fourth-order valence-electron chi connectivity index (χ4n) is 5.73. The molecule has 16 heteroatoms. The molecule has 0 fully saturated rings. The number of amides is 3. The topological polar surface area (TPSA) is 147 Å². The van der Waals surface area contributed by atoms with Crippen LogP contribution in [-0.4, -0.2) is 94.0 Å². The van der Waals surface area contributed by atoms with Crippen LogP contribution >= 0.6 is 0 Å². The number of nitrogens with zero attached hydrogens (tertiary/aromatic N) is 2. The van der Waals surface area contributed by atoms with Gasteiger partial charge in [-0.15, -0.1) is 0 Å². The molecular weight excluding hydrogens is 717 g/mol. The second-order valence-corrected chi connectivity index (χ2v) is 14.9. The van der Waals surface area contributed by atoms with Crippen LogP contribution in [0, 0.1) is 5.92 Å². The van der Waals surface area contributed by atoms with Crippen molar-refractivity contribution >= 4 is 33.3 Å². The largest absolute Gasteiger partial charge is 0.497 e. The van der Waals surface area contributed by atoms with Crippen molar-refractivity contribution in [2.24, 2.45) is 5.92 Å². The number of ether oxygens (including phenoxy) is 3. The Morgan fingerprint density at radius 2 is 1.72 bits per heavy atom. The van der Waals surface area contributed by atoms with E-state index in [1.165, 1.54) is 72.5 Å². The van der Waals surface area contributed by atoms with Crippen LogP contribution < -0.4 is 19.5 Å². The zero-order valence-electron chi connectivity index (χ0n) is 30.4. The monoisotopic (exact) mass is 764 g/mol. The van der Waals surface area contributed by atoms with E-state index in [4.69, 9.17) is 14.2 Å². The third-order valence-corrected chi connectivity index (χ3v) is 10.3. The van der Waals surface area contributed by atoms with E-state index in [1.54, 1.807) is 13.0 Å². The summed E-state index contributed by atoms with van der Waals surface area (Å²) in [7, 11) is -1.05. The first-order valence-electron chi connectivity index (χ1n) is 17.2. The van der Waals surface area contributed by atoms with E-state index in [0.29, 0.717) is 25.2 Å². The highest BCUT2D eigenvalue weighted by Gasteiger charge is 2.32. The van der Waals surface area contributed by atoms with Gasteiger partial charge in [0, 0.05) is 44.0 Å². The summed E-state index contributed by atoms with van der Waals surface area (Å²) >= 11 is 0. The first-order chi connectivity index (χ1) is 25.0. The van der Waals surface area contributed by atoms with Gasteiger partial charge in [0.05, 0.1) is 48.0 Å². The van der Waals surface area contributed by atoms with Gasteiger partial charge in [0.15, 0.2) is 0 Å². The molecule has 0 saturated heterocycles. The highest BCUT2D eigenvalue weighted by Crippen LogP contribution is 2.31. The number of fused-ring (bicyclic) bond motifs is 1. The second kappa shape index (κ2) is 18.0. The van der Waals surface area contributed by atoms with Crippen LogP contribution in [0.5, 0.6) is 11.5 Å². The fourth-order valence-corrected chi connectivity index (χ4v) is 6.78. The van der Waals surface area contributed by atoms with E-state index in [2.05, 4.69) is 10.0 Å². The zero-order valence-corrected chi connectivity index (χ0v) is 31.2. The molecule has 1 aliphatic heterocycles. The summed E-state index contributed by atoms with van der Waals surface area (Å²) < 4.78 is 85.7. The molecule has 1 aliphatic rings. The number of alkyl halides is 3. The number of aliphatic hydroxyl groups is 1. The van der Waals surface area contributed by atoms with Gasteiger partial charge in [0.1, 0.15) is 11.5 Å². The lowest BCUT2D eigenvalue weighted by molar-refractivity contribution is -0.137. The molecule has 0 aliphatic carbocycles. The molecule has 3 amide bonds. The molecule has 0 radical (unpaired) electrons. The summed E-state index contributed by atoms with van der Waals surface area (Å²) in [6.07, 6.45) is -3.39. The number of carbonyl (C=O) groups excluding carboxylic acids is 2. The SMILES string of the molecule is COc1ccc(S(=O)(=O)Nc2ccc3c(c2)C(=O)N([C@@H](C)CO)C[C@H](C)[C@@H](CN(C)C(=O)Nc2ccc(C(F)(F)F)cc2)OCCCC[C@@H](C)O3)cc1. The third-order valence-electron chi connectivity index (χ3n) is 8.94. The molecule has 290 valence electrons. The molecular formula is C37H47F3N4O8S. The smallest absolute Gasteiger partial charge is 0.416 e. The van der Waals surface area contributed by atoms with Gasteiger partial charge in [0.25, 0.3) is 15.9 Å². The number of likely N-dealkylation sites (N-methyl/N-ethyl adjacent to an activating group) is 1. The lowest BCUT2D eigenvalue weighted by Gasteiger charge is -2.35. The Morgan fingerprint density at radius 3 is 2.34 bits per heavy atom. The van der Waals surface area contributed by atoms with E-state index in [1.807, 2.05) is 13.8 Å². The average molecular weight is 765 g/mol. The van der Waals surface area contributed by atoms with Gasteiger partial charge in [-0.1, -0.05) is 6.92 Å². The van der Waals surface area contributed by atoms with Crippen molar-refractivity contribution in [3.63, 3.8) is 0 Å². The van der Waals surface area contributed by atoms with Crippen LogP contribution in [0.1, 0.15) is 56.0 Å². The minimum Gasteiger partial charge on any atom is -0.497 e. The number of aliphatic hydroxyl groups excluding tert-OH is 1. The number of rotatable bonds is 9. The summed E-state index contributed by atoms with van der Waals surface area (Å²) in [5.74, 6) is -0.171. The van der Waals surface area contributed by atoms with Crippen LogP contribution in [0.15, 0.2) is 71.6 Å². The highest BCUT2D eigenvalue weighted by molar-refractivity contribution is 7.92. The summed E-state index contributed by atoms with van der Waals surface area (Å²) in [4.78, 5) is 30.3. The normalized spacial score (nSPS) is 19.6. The highest BCUT2D eigenvalue weighted by atomic mass is 32.2. The molecule has 1 heterocycles. The van der Waals surface area contributed by atoms with Gasteiger partial charge in [-0.25, -0.2) is 13.2 Å². The van der Waals surface area contributed by atoms with Gasteiger partial charge in [-0.2, -0.15) is 13.2 Å². The molecule has 0 saturated carbocycles. The van der Waals surface area contributed by atoms with Crippen molar-refractivity contribution in [3.8, 4) is 11.5 Å². The Kier molecular flexibility index (Phi) is 14.0. The number of urea groups is 1. The van der Waals surface area contributed by atoms with Crippen LogP contribution in [0.2, 0.25) is 0 Å². The fraction of sp³-hybridized carbons (Fsp3) is 0.459. The van der Waals surface area contributed by atoms with Crippen molar-refractivity contribution < 1.29 is 50.5 Å². The van der Waals surface area contributed by atoms with Gasteiger partial charge in [-0.3, -0.25) is 9.52 Å². The minimum absolute atomic E-state index is 0.0111. The van der Waals surface area contributed by atoms with E-state index in [0.717, 1.165) is 18.6 Å². The van der Waals surface area contributed by atoms with E-state index in [-0.39, 0.29) is 53.4 Å². The quantitative estimate of drug-likeness (QED) is 0.225. The van der Waals surface area contributed by atoms with Crippen molar-refractivity contribution in [1.29, 1.82) is 0 Å². The Morgan fingerprint density at radius 1 is 1.06 bits per heavy atom. The average Bonchev–Trinajstić information content (AvgIpc) is 3.12. The first-order valence-corrected chi connectivity index (χ1v) is 18.7. The van der Waals surface area contributed by atoms with Crippen LogP contribution in [0.4, 0.5) is 29.3 Å². The Labute approximate surface area is 308 Å². The third kappa shape index (κ3) is 11.2. The number of anilines is 2. The number of hydrogen-bond acceptors (Lipinski definition) is 8. The number of halogens is 3. The van der Waals surface area contributed by atoms with E-state index in [9.17, 15) is 36.3 Å². The Bertz CT molecular complexity index is 1790. The predicted octanol–water partition coefficient (Wildman–Crippen LogP) is 6.47. The number of methoxy groups -OCH3 is 1. The van der Waals surface area contributed by atoms with Gasteiger partial charge >= 0.3 is 12.2 Å². The van der Waals surface area contributed by atoms with Crippen LogP contribution in [-0.2, 0) is 20.9 Å². The number of benzene rings is 3. The molecule has 4 atom stereocenters. The van der Waals surface area contributed by atoms with Gasteiger partial charge < -0.3 is 34.4 Å². The first kappa shape index (κ1) is 41.2. The molecule has 53 heavy (non-hydrogen) atoms. The van der Waals surface area contributed by atoms with Crippen molar-refractivity contribution in [3.05, 3.63) is 77.9 Å². The van der Waals surface area contributed by atoms with Crippen molar-refractivity contribution in [2.75, 3.05) is 50.5 Å². The van der Waals surface area contributed by atoms with E-state index >= 15 is 0 Å². The maximum atomic E-state index is 14.4. The summed E-state index contributed by atoms with van der Waals surface area (Å²) in [5, 5.41) is 12.8. The second-order valence-electron chi connectivity index (χ2n) is 13.2.